The normalized spacial score (nSPS) is 14.9. The number of sulfonamides is 1. The Hall–Kier alpha value is -4.87. The number of halogens is 3. The van der Waals surface area contributed by atoms with Crippen LogP contribution in [0.3, 0.4) is 0 Å². The molecule has 1 unspecified atom stereocenters. The van der Waals surface area contributed by atoms with E-state index in [1.54, 1.807) is 35.9 Å². The summed E-state index contributed by atoms with van der Waals surface area (Å²) in [6, 6.07) is 12.3. The van der Waals surface area contributed by atoms with Gasteiger partial charge in [0.25, 0.3) is 16.3 Å². The average Bonchev–Trinajstić information content (AvgIpc) is 3.40. The quantitative estimate of drug-likeness (QED) is 0.112. The highest BCUT2D eigenvalue weighted by Gasteiger charge is 2.38. The molecule has 0 bridgehead atoms. The third-order valence-electron chi connectivity index (χ3n) is 6.15. The molecule has 0 spiro atoms. The number of hydrogen-bond acceptors (Lipinski definition) is 10. The second-order valence-corrected chi connectivity index (χ2v) is 11.2. The molecule has 1 fully saturated rings. The standard InChI is InChI=1S/C26H27F3N6O8S/c1-4-24(36)41-17(3)43-32-35(38)33-14-20(15-33)42-25(37)31-44(39,40)21-11-9-19(10-12-21)34-22(13-23(30-34)26(27,28)29)18-7-5-16(2)6-8-18/h5-13,17,20H,4,14-15H2,1-3H3,(H,31,37). The van der Waals surface area contributed by atoms with Crippen molar-refractivity contribution in [1.29, 1.82) is 0 Å². The summed E-state index contributed by atoms with van der Waals surface area (Å²) in [4.78, 5) is 27.9. The Balaban J connectivity index is 1.37. The lowest BCUT2D eigenvalue weighted by Gasteiger charge is -2.33. The molecular formula is C26H27F3N6O8S. The van der Waals surface area contributed by atoms with E-state index in [0.717, 1.165) is 33.5 Å². The van der Waals surface area contributed by atoms with Crippen molar-refractivity contribution < 1.29 is 50.5 Å². The van der Waals surface area contributed by atoms with Crippen molar-refractivity contribution >= 4 is 22.1 Å². The molecule has 44 heavy (non-hydrogen) atoms. The van der Waals surface area contributed by atoms with Gasteiger partial charge in [0.05, 0.1) is 21.2 Å². The van der Waals surface area contributed by atoms with Crippen molar-refractivity contribution in [3.05, 3.63) is 71.1 Å². The summed E-state index contributed by atoms with van der Waals surface area (Å²) in [5.41, 5.74) is 0.512. The van der Waals surface area contributed by atoms with Gasteiger partial charge in [0.2, 0.25) is 5.28 Å². The monoisotopic (exact) mass is 640 g/mol. The molecule has 0 saturated carbocycles. The Morgan fingerprint density at radius 1 is 1.16 bits per heavy atom. The highest BCUT2D eigenvalue weighted by molar-refractivity contribution is 7.90. The fourth-order valence-electron chi connectivity index (χ4n) is 3.84. The molecule has 1 aromatic heterocycles. The van der Waals surface area contributed by atoms with E-state index in [-0.39, 0.29) is 40.8 Å². The Labute approximate surface area is 249 Å². The number of ether oxygens (including phenoxy) is 2. The SMILES string of the molecule is CCC(=O)OC(C)ON=[N+]([O-])N1CC(OC(=O)NS(=O)(=O)c2ccc(-n3nc(C(F)(F)F)cc3-c3ccc(C)cc3)cc2)C1. The molecule has 3 aromatic rings. The minimum atomic E-state index is -4.71. The number of nitrogens with one attached hydrogen (secondary N) is 1. The van der Waals surface area contributed by atoms with Gasteiger partial charge in [-0.25, -0.2) is 22.6 Å². The van der Waals surface area contributed by atoms with Crippen LogP contribution in [0.5, 0.6) is 0 Å². The topological polar surface area (TPSA) is 167 Å². The highest BCUT2D eigenvalue weighted by atomic mass is 32.2. The van der Waals surface area contributed by atoms with E-state index in [9.17, 15) is 36.4 Å². The van der Waals surface area contributed by atoms with E-state index >= 15 is 0 Å². The van der Waals surface area contributed by atoms with Crippen molar-refractivity contribution in [2.24, 2.45) is 5.28 Å². The third kappa shape index (κ3) is 7.74. The maximum absolute atomic E-state index is 13.5. The van der Waals surface area contributed by atoms with Crippen LogP contribution >= 0.6 is 0 Å². The number of alkyl halides is 3. The van der Waals surface area contributed by atoms with Gasteiger partial charge in [0.1, 0.15) is 19.2 Å². The molecule has 1 saturated heterocycles. The number of esters is 1. The summed E-state index contributed by atoms with van der Waals surface area (Å²) in [6.07, 6.45) is -7.88. The minimum absolute atomic E-state index is 0.0634. The average molecular weight is 641 g/mol. The number of rotatable bonds is 10. The molecule has 1 atom stereocenters. The van der Waals surface area contributed by atoms with E-state index < -0.39 is 46.4 Å². The first-order valence-corrected chi connectivity index (χ1v) is 14.5. The summed E-state index contributed by atoms with van der Waals surface area (Å²) < 4.78 is 78.4. The summed E-state index contributed by atoms with van der Waals surface area (Å²) in [5, 5.41) is 19.9. The van der Waals surface area contributed by atoms with Gasteiger partial charge in [-0.2, -0.15) is 18.3 Å². The van der Waals surface area contributed by atoms with E-state index in [1.165, 1.54) is 19.1 Å². The molecule has 2 aromatic carbocycles. The number of carbonyl (C=O) groups is 2. The Bertz CT molecular complexity index is 1640. The smallest absolute Gasteiger partial charge is 0.435 e. The molecule has 0 aliphatic carbocycles. The van der Waals surface area contributed by atoms with Crippen LogP contribution in [-0.2, 0) is 35.3 Å². The number of carbonyl (C=O) groups excluding carboxylic acids is 2. The minimum Gasteiger partial charge on any atom is -0.569 e. The van der Waals surface area contributed by atoms with Crippen molar-refractivity contribution in [1.82, 2.24) is 19.5 Å². The van der Waals surface area contributed by atoms with Gasteiger partial charge >= 0.3 is 18.2 Å². The second kappa shape index (κ2) is 12.8. The molecule has 236 valence electrons. The zero-order valence-corrected chi connectivity index (χ0v) is 24.3. The van der Waals surface area contributed by atoms with Crippen molar-refractivity contribution in [2.45, 2.75) is 50.7 Å². The van der Waals surface area contributed by atoms with Crippen LogP contribution in [-0.4, -0.2) is 65.7 Å². The number of hydrazine groups is 1. The second-order valence-electron chi connectivity index (χ2n) is 9.54. The predicted molar refractivity (Wildman–Crippen MR) is 144 cm³/mol. The van der Waals surface area contributed by atoms with Crippen LogP contribution in [0.25, 0.3) is 16.9 Å². The van der Waals surface area contributed by atoms with Crippen LogP contribution < -0.4 is 4.72 Å². The molecule has 14 nitrogen and oxygen atoms in total. The number of hydrogen-bond donors (Lipinski definition) is 1. The van der Waals surface area contributed by atoms with Gasteiger partial charge in [0.15, 0.2) is 5.69 Å². The van der Waals surface area contributed by atoms with Crippen molar-refractivity contribution in [2.75, 3.05) is 13.1 Å². The van der Waals surface area contributed by atoms with Gasteiger partial charge < -0.3 is 14.7 Å². The zero-order valence-electron chi connectivity index (χ0n) is 23.5. The first kappa shape index (κ1) is 32.1. The molecule has 1 N–H and O–H groups in total. The Kier molecular flexibility index (Phi) is 9.31. The summed E-state index contributed by atoms with van der Waals surface area (Å²) in [7, 11) is -4.43. The van der Waals surface area contributed by atoms with Crippen LogP contribution in [0.15, 0.2) is 64.8 Å². The third-order valence-corrected chi connectivity index (χ3v) is 7.48. The highest BCUT2D eigenvalue weighted by Crippen LogP contribution is 2.33. The fraction of sp³-hybridized carbons (Fsp3) is 0.346. The number of benzene rings is 2. The lowest BCUT2D eigenvalue weighted by Crippen LogP contribution is -2.56. The van der Waals surface area contributed by atoms with Crippen LogP contribution in [0, 0.1) is 12.1 Å². The Morgan fingerprint density at radius 2 is 1.80 bits per heavy atom. The van der Waals surface area contributed by atoms with Gasteiger partial charge in [0, 0.05) is 18.9 Å². The van der Waals surface area contributed by atoms with E-state index in [2.05, 4.69) is 10.4 Å². The van der Waals surface area contributed by atoms with Crippen molar-refractivity contribution in [3.8, 4) is 16.9 Å². The molecule has 1 aliphatic rings. The number of aryl methyl sites for hydroxylation is 1. The molecule has 2 heterocycles. The van der Waals surface area contributed by atoms with Gasteiger partial charge in [-0.05, 0) is 37.3 Å². The summed E-state index contributed by atoms with van der Waals surface area (Å²) >= 11 is 0. The molecule has 1 aliphatic heterocycles. The van der Waals surface area contributed by atoms with Crippen molar-refractivity contribution in [3.63, 3.8) is 0 Å². The lowest BCUT2D eigenvalue weighted by molar-refractivity contribution is -0.728. The first-order valence-electron chi connectivity index (χ1n) is 13.0. The molecule has 1 amide bonds. The Morgan fingerprint density at radius 3 is 2.39 bits per heavy atom. The van der Waals surface area contributed by atoms with E-state index in [0.29, 0.717) is 5.56 Å². The summed E-state index contributed by atoms with van der Waals surface area (Å²) in [6.45, 7) is 4.50. The van der Waals surface area contributed by atoms with E-state index in [1.807, 2.05) is 6.92 Å². The summed E-state index contributed by atoms with van der Waals surface area (Å²) in [5.74, 6) is -0.552. The molecular weight excluding hydrogens is 613 g/mol. The number of aromatic nitrogens is 2. The van der Waals surface area contributed by atoms with E-state index in [4.69, 9.17) is 14.3 Å². The lowest BCUT2D eigenvalue weighted by atomic mass is 10.1. The number of amides is 1. The molecule has 4 rings (SSSR count). The van der Waals surface area contributed by atoms with Crippen LogP contribution in [0.1, 0.15) is 31.5 Å². The van der Waals surface area contributed by atoms with Gasteiger partial charge in [-0.15, -0.1) is 5.01 Å². The van der Waals surface area contributed by atoms with Gasteiger partial charge in [-0.1, -0.05) is 36.8 Å². The molecule has 18 heteroatoms. The maximum Gasteiger partial charge on any atom is 0.435 e. The van der Waals surface area contributed by atoms with Gasteiger partial charge in [-0.3, -0.25) is 9.63 Å². The van der Waals surface area contributed by atoms with Crippen LogP contribution in [0.4, 0.5) is 18.0 Å². The van der Waals surface area contributed by atoms with Crippen LogP contribution in [0.2, 0.25) is 0 Å². The predicted octanol–water partition coefficient (Wildman–Crippen LogP) is 4.07. The maximum atomic E-state index is 13.5. The zero-order chi connectivity index (χ0) is 32.2. The largest absolute Gasteiger partial charge is 0.569 e. The number of nitrogens with zero attached hydrogens (tertiary/aromatic N) is 5. The first-order chi connectivity index (χ1) is 20.7. The molecule has 0 radical (unpaired) electrons. The fourth-order valence-corrected chi connectivity index (χ4v) is 4.72.